The third-order valence-corrected chi connectivity index (χ3v) is 3.95. The van der Waals surface area contributed by atoms with E-state index in [0.29, 0.717) is 6.54 Å². The van der Waals surface area contributed by atoms with E-state index in [9.17, 15) is 8.42 Å². The molecule has 0 aliphatic heterocycles. The van der Waals surface area contributed by atoms with Crippen LogP contribution >= 0.6 is 22.6 Å². The third-order valence-electron chi connectivity index (χ3n) is 1.44. The first-order valence-electron chi connectivity index (χ1n) is 4.51. The lowest BCUT2D eigenvalue weighted by Crippen LogP contribution is -2.29. The summed E-state index contributed by atoms with van der Waals surface area (Å²) in [6, 6.07) is 0. The molecule has 0 radical (unpaired) electrons. The molecular weight excluding hydrogens is 301 g/mol. The molecule has 0 bridgehead atoms. The molecule has 0 unspecified atom stereocenters. The Hall–Kier alpha value is 0.640. The second-order valence-corrected chi connectivity index (χ2v) is 6.40. The predicted molar refractivity (Wildman–Crippen MR) is 64.7 cm³/mol. The molecule has 0 saturated carbocycles. The van der Waals surface area contributed by atoms with Crippen molar-refractivity contribution in [2.45, 2.75) is 26.7 Å². The van der Waals surface area contributed by atoms with Crippen LogP contribution in [0.25, 0.3) is 0 Å². The van der Waals surface area contributed by atoms with Crippen LogP contribution in [0.3, 0.4) is 0 Å². The van der Waals surface area contributed by atoms with Crippen molar-refractivity contribution < 1.29 is 8.42 Å². The Bertz CT molecular complexity index is 214. The van der Waals surface area contributed by atoms with Crippen molar-refractivity contribution in [3.05, 3.63) is 0 Å². The fourth-order valence-electron chi connectivity index (χ4n) is 0.945. The monoisotopic (exact) mass is 319 g/mol. The quantitative estimate of drug-likeness (QED) is 0.442. The van der Waals surface area contributed by atoms with Gasteiger partial charge >= 0.3 is 0 Å². The molecule has 0 aromatic carbocycles. The van der Waals surface area contributed by atoms with E-state index in [-0.39, 0.29) is 11.7 Å². The van der Waals surface area contributed by atoms with Crippen molar-refractivity contribution in [2.75, 3.05) is 16.7 Å². The van der Waals surface area contributed by atoms with Gasteiger partial charge in [-0.2, -0.15) is 0 Å². The first-order valence-corrected chi connectivity index (χ1v) is 7.69. The summed E-state index contributed by atoms with van der Waals surface area (Å²) in [5.74, 6) is 0.430. The smallest absolute Gasteiger partial charge is 0.211 e. The Morgan fingerprint density at radius 2 is 1.92 bits per heavy atom. The van der Waals surface area contributed by atoms with E-state index >= 15 is 0 Å². The van der Waals surface area contributed by atoms with Crippen LogP contribution in [-0.2, 0) is 10.0 Å². The van der Waals surface area contributed by atoms with Crippen molar-refractivity contribution in [1.82, 2.24) is 4.72 Å². The summed E-state index contributed by atoms with van der Waals surface area (Å²) < 4.78 is 26.3. The largest absolute Gasteiger partial charge is 0.215 e. The fourth-order valence-corrected chi connectivity index (χ4v) is 2.94. The molecule has 80 valence electrons. The second kappa shape index (κ2) is 7.00. The maximum atomic E-state index is 11.3. The van der Waals surface area contributed by atoms with Gasteiger partial charge < -0.3 is 0 Å². The second-order valence-electron chi connectivity index (χ2n) is 3.47. The SMILES string of the molecule is CC(C)CS(=O)(=O)NCCCCI. The molecule has 0 aliphatic rings. The summed E-state index contributed by atoms with van der Waals surface area (Å²) in [7, 11) is -3.01. The number of nitrogens with one attached hydrogen (secondary N) is 1. The van der Waals surface area contributed by atoms with Gasteiger partial charge in [-0.25, -0.2) is 13.1 Å². The number of unbranched alkanes of at least 4 members (excludes halogenated alkanes) is 1. The summed E-state index contributed by atoms with van der Waals surface area (Å²) in [6.45, 7) is 4.40. The molecule has 0 aromatic heterocycles. The molecule has 0 saturated heterocycles. The number of alkyl halides is 1. The molecule has 0 aromatic rings. The average Bonchev–Trinajstić information content (AvgIpc) is 1.95. The van der Waals surface area contributed by atoms with E-state index in [4.69, 9.17) is 0 Å². The fraction of sp³-hybridized carbons (Fsp3) is 1.00. The van der Waals surface area contributed by atoms with Gasteiger partial charge in [0.25, 0.3) is 0 Å². The molecule has 0 aliphatic carbocycles. The van der Waals surface area contributed by atoms with Crippen LogP contribution in [0.5, 0.6) is 0 Å². The minimum Gasteiger partial charge on any atom is -0.215 e. The Kier molecular flexibility index (Phi) is 7.35. The lowest BCUT2D eigenvalue weighted by molar-refractivity contribution is 0.565. The summed E-state index contributed by atoms with van der Waals surface area (Å²) in [6.07, 6.45) is 2.00. The topological polar surface area (TPSA) is 46.2 Å². The zero-order valence-electron chi connectivity index (χ0n) is 8.22. The van der Waals surface area contributed by atoms with Crippen LogP contribution < -0.4 is 4.72 Å². The molecule has 3 nitrogen and oxygen atoms in total. The maximum absolute atomic E-state index is 11.3. The van der Waals surface area contributed by atoms with E-state index in [1.807, 2.05) is 13.8 Å². The molecule has 0 atom stereocenters. The van der Waals surface area contributed by atoms with Crippen LogP contribution in [0.1, 0.15) is 26.7 Å². The first-order chi connectivity index (χ1) is 5.98. The number of hydrogen-bond donors (Lipinski definition) is 1. The van der Waals surface area contributed by atoms with E-state index in [0.717, 1.165) is 17.3 Å². The van der Waals surface area contributed by atoms with E-state index in [2.05, 4.69) is 27.3 Å². The van der Waals surface area contributed by atoms with Crippen molar-refractivity contribution in [3.63, 3.8) is 0 Å². The molecule has 0 heterocycles. The average molecular weight is 319 g/mol. The van der Waals surface area contributed by atoms with Gasteiger partial charge in [0.2, 0.25) is 10.0 Å². The highest BCUT2D eigenvalue weighted by atomic mass is 127. The molecule has 0 spiro atoms. The van der Waals surface area contributed by atoms with Crippen LogP contribution in [0.4, 0.5) is 0 Å². The Morgan fingerprint density at radius 3 is 2.38 bits per heavy atom. The standard InChI is InChI=1S/C8H18INO2S/c1-8(2)7-13(11,12)10-6-4-3-5-9/h8,10H,3-7H2,1-2H3. The number of halogens is 1. The van der Waals surface area contributed by atoms with Gasteiger partial charge in [-0.1, -0.05) is 36.4 Å². The Balaban J connectivity index is 3.64. The minimum absolute atomic E-state index is 0.196. The van der Waals surface area contributed by atoms with E-state index < -0.39 is 10.0 Å². The maximum Gasteiger partial charge on any atom is 0.211 e. The highest BCUT2D eigenvalue weighted by Gasteiger charge is 2.10. The summed E-state index contributed by atoms with van der Waals surface area (Å²) in [5.41, 5.74) is 0. The van der Waals surface area contributed by atoms with Gasteiger partial charge in [0, 0.05) is 6.54 Å². The predicted octanol–water partition coefficient (Wildman–Crippen LogP) is 1.78. The summed E-state index contributed by atoms with van der Waals surface area (Å²) in [4.78, 5) is 0. The van der Waals surface area contributed by atoms with Crippen LogP contribution in [0.15, 0.2) is 0 Å². The van der Waals surface area contributed by atoms with Crippen molar-refractivity contribution in [2.24, 2.45) is 5.92 Å². The lowest BCUT2D eigenvalue weighted by atomic mass is 10.3. The van der Waals surface area contributed by atoms with Gasteiger partial charge in [-0.3, -0.25) is 0 Å². The Morgan fingerprint density at radius 1 is 1.31 bits per heavy atom. The van der Waals surface area contributed by atoms with Crippen molar-refractivity contribution >= 4 is 32.6 Å². The molecule has 0 amide bonds. The number of rotatable bonds is 7. The van der Waals surface area contributed by atoms with Gasteiger partial charge in [-0.15, -0.1) is 0 Å². The number of hydrogen-bond acceptors (Lipinski definition) is 2. The number of sulfonamides is 1. The molecule has 13 heavy (non-hydrogen) atoms. The van der Waals surface area contributed by atoms with E-state index in [1.54, 1.807) is 0 Å². The van der Waals surface area contributed by atoms with Gasteiger partial charge in [0.15, 0.2) is 0 Å². The zero-order valence-corrected chi connectivity index (χ0v) is 11.2. The van der Waals surface area contributed by atoms with Gasteiger partial charge in [0.1, 0.15) is 0 Å². The lowest BCUT2D eigenvalue weighted by Gasteiger charge is -2.07. The van der Waals surface area contributed by atoms with Crippen LogP contribution in [0.2, 0.25) is 0 Å². The van der Waals surface area contributed by atoms with Crippen molar-refractivity contribution in [1.29, 1.82) is 0 Å². The third kappa shape index (κ3) is 8.96. The van der Waals surface area contributed by atoms with Crippen LogP contribution in [-0.4, -0.2) is 25.1 Å². The molecule has 0 fully saturated rings. The summed E-state index contributed by atoms with van der Waals surface area (Å²) in [5, 5.41) is 0. The molecule has 0 rings (SSSR count). The normalized spacial score (nSPS) is 12.3. The van der Waals surface area contributed by atoms with Crippen LogP contribution in [0, 0.1) is 5.92 Å². The highest BCUT2D eigenvalue weighted by Crippen LogP contribution is 1.98. The first kappa shape index (κ1) is 13.6. The Labute approximate surface area is 94.9 Å². The highest BCUT2D eigenvalue weighted by molar-refractivity contribution is 14.1. The minimum atomic E-state index is -3.01. The zero-order chi connectivity index (χ0) is 10.3. The molecule has 1 N–H and O–H groups in total. The molecular formula is C8H18INO2S. The van der Waals surface area contributed by atoms with Gasteiger partial charge in [0.05, 0.1) is 5.75 Å². The van der Waals surface area contributed by atoms with Crippen molar-refractivity contribution in [3.8, 4) is 0 Å². The molecule has 5 heteroatoms. The summed E-state index contributed by atoms with van der Waals surface area (Å²) >= 11 is 2.29. The van der Waals surface area contributed by atoms with E-state index in [1.165, 1.54) is 0 Å². The van der Waals surface area contributed by atoms with Gasteiger partial charge in [-0.05, 0) is 23.2 Å².